The quantitative estimate of drug-likeness (QED) is 0.668. The summed E-state index contributed by atoms with van der Waals surface area (Å²) in [5.74, 6) is 0.626. The van der Waals surface area contributed by atoms with Gasteiger partial charge in [-0.05, 0) is 37.1 Å². The molecular formula is C21H21N3O4. The first-order chi connectivity index (χ1) is 13.7. The Morgan fingerprint density at radius 2 is 1.86 bits per heavy atom. The predicted octanol–water partition coefficient (Wildman–Crippen LogP) is 4.05. The molecule has 0 spiro atoms. The standard InChI is InChI=1S/C21H21N3O4/c1-27-15-8-6-7-14(13-15)22-21(26)23-18-19(24-11-4-5-12-24)16-9-2-3-10-17(16)28-20(18)25/h2-3,6-10,13H,4-5,11-12H2,1H3,(H2,22,23,26). The summed E-state index contributed by atoms with van der Waals surface area (Å²) in [5.41, 5.74) is 1.37. The summed E-state index contributed by atoms with van der Waals surface area (Å²) in [6, 6.07) is 13.9. The molecule has 144 valence electrons. The zero-order valence-corrected chi connectivity index (χ0v) is 15.5. The average Bonchev–Trinajstić information content (AvgIpc) is 3.23. The van der Waals surface area contributed by atoms with Gasteiger partial charge in [0.15, 0.2) is 5.69 Å². The third-order valence-electron chi connectivity index (χ3n) is 4.77. The molecule has 28 heavy (non-hydrogen) atoms. The molecule has 0 aliphatic carbocycles. The monoisotopic (exact) mass is 379 g/mol. The smallest absolute Gasteiger partial charge is 0.362 e. The Morgan fingerprint density at radius 1 is 1.07 bits per heavy atom. The van der Waals surface area contributed by atoms with Gasteiger partial charge in [-0.15, -0.1) is 0 Å². The molecule has 0 radical (unpaired) electrons. The minimum Gasteiger partial charge on any atom is -0.497 e. The molecular weight excluding hydrogens is 358 g/mol. The van der Waals surface area contributed by atoms with Crippen LogP contribution in [-0.2, 0) is 0 Å². The number of methoxy groups -OCH3 is 1. The number of nitrogens with zero attached hydrogens (tertiary/aromatic N) is 1. The van der Waals surface area contributed by atoms with E-state index in [-0.39, 0.29) is 5.69 Å². The third-order valence-corrected chi connectivity index (χ3v) is 4.77. The van der Waals surface area contributed by atoms with E-state index in [9.17, 15) is 9.59 Å². The number of hydrogen-bond acceptors (Lipinski definition) is 5. The summed E-state index contributed by atoms with van der Waals surface area (Å²) in [6.45, 7) is 1.67. The molecule has 1 saturated heterocycles. The number of carbonyl (C=O) groups excluding carboxylic acids is 1. The molecule has 0 bridgehead atoms. The SMILES string of the molecule is COc1cccc(NC(=O)Nc2c(N3CCCC3)c3ccccc3oc2=O)c1. The van der Waals surface area contributed by atoms with Crippen LogP contribution in [0.2, 0.25) is 0 Å². The number of fused-ring (bicyclic) bond motifs is 1. The molecule has 0 atom stereocenters. The number of amides is 2. The van der Waals surface area contributed by atoms with Crippen LogP contribution in [0.5, 0.6) is 5.75 Å². The maximum absolute atomic E-state index is 12.6. The number of hydrogen-bond donors (Lipinski definition) is 2. The van der Waals surface area contributed by atoms with Gasteiger partial charge in [0.25, 0.3) is 0 Å². The normalized spacial score (nSPS) is 13.5. The Kier molecular flexibility index (Phi) is 4.89. The van der Waals surface area contributed by atoms with E-state index in [1.165, 1.54) is 0 Å². The van der Waals surface area contributed by atoms with Gasteiger partial charge >= 0.3 is 11.7 Å². The lowest BCUT2D eigenvalue weighted by molar-refractivity contribution is 0.262. The minimum atomic E-state index is -0.568. The van der Waals surface area contributed by atoms with Crippen LogP contribution in [0.3, 0.4) is 0 Å². The number of nitrogens with one attached hydrogen (secondary N) is 2. The number of benzene rings is 2. The van der Waals surface area contributed by atoms with Gasteiger partial charge in [0.2, 0.25) is 0 Å². The topological polar surface area (TPSA) is 83.8 Å². The highest BCUT2D eigenvalue weighted by atomic mass is 16.5. The molecule has 1 fully saturated rings. The molecule has 2 amide bonds. The van der Waals surface area contributed by atoms with Crippen molar-refractivity contribution in [3.63, 3.8) is 0 Å². The maximum atomic E-state index is 12.6. The van der Waals surface area contributed by atoms with Crippen LogP contribution < -0.4 is 25.9 Å². The fraction of sp³-hybridized carbons (Fsp3) is 0.238. The van der Waals surface area contributed by atoms with Crippen molar-refractivity contribution in [2.24, 2.45) is 0 Å². The van der Waals surface area contributed by atoms with E-state index in [2.05, 4.69) is 15.5 Å². The van der Waals surface area contributed by atoms with Gasteiger partial charge in [0.05, 0.1) is 12.8 Å². The Bertz CT molecular complexity index is 1070. The van der Waals surface area contributed by atoms with Crippen molar-refractivity contribution in [3.8, 4) is 5.75 Å². The Morgan fingerprint density at radius 3 is 2.64 bits per heavy atom. The van der Waals surface area contributed by atoms with E-state index in [1.807, 2.05) is 18.2 Å². The van der Waals surface area contributed by atoms with Gasteiger partial charge in [-0.1, -0.05) is 18.2 Å². The molecule has 1 aliphatic heterocycles. The third kappa shape index (κ3) is 3.51. The predicted molar refractivity (Wildman–Crippen MR) is 110 cm³/mol. The van der Waals surface area contributed by atoms with Gasteiger partial charge in [-0.3, -0.25) is 5.32 Å². The molecule has 2 aromatic carbocycles. The molecule has 7 nitrogen and oxygen atoms in total. The molecule has 3 aromatic rings. The van der Waals surface area contributed by atoms with Gasteiger partial charge in [0, 0.05) is 30.2 Å². The Hall–Kier alpha value is -3.48. The van der Waals surface area contributed by atoms with Crippen LogP contribution >= 0.6 is 0 Å². The van der Waals surface area contributed by atoms with Crippen LogP contribution in [0.15, 0.2) is 57.7 Å². The van der Waals surface area contributed by atoms with Crippen molar-refractivity contribution < 1.29 is 13.9 Å². The lowest BCUT2D eigenvalue weighted by Gasteiger charge is -2.22. The molecule has 1 aromatic heterocycles. The van der Waals surface area contributed by atoms with Crippen molar-refractivity contribution in [1.29, 1.82) is 0 Å². The molecule has 7 heteroatoms. The molecule has 1 aliphatic rings. The highest BCUT2D eigenvalue weighted by Gasteiger charge is 2.23. The lowest BCUT2D eigenvalue weighted by Crippen LogP contribution is -2.27. The van der Waals surface area contributed by atoms with Gasteiger partial charge in [-0.25, -0.2) is 9.59 Å². The largest absolute Gasteiger partial charge is 0.497 e. The van der Waals surface area contributed by atoms with Crippen LogP contribution in [0.25, 0.3) is 11.0 Å². The van der Waals surface area contributed by atoms with Crippen molar-refractivity contribution in [2.75, 3.05) is 35.7 Å². The number of ether oxygens (including phenoxy) is 1. The number of urea groups is 1. The fourth-order valence-electron chi connectivity index (χ4n) is 3.49. The second-order valence-corrected chi connectivity index (χ2v) is 6.61. The summed E-state index contributed by atoms with van der Waals surface area (Å²) in [4.78, 5) is 27.3. The highest BCUT2D eigenvalue weighted by molar-refractivity contribution is 6.06. The molecule has 4 rings (SSSR count). The van der Waals surface area contributed by atoms with Crippen LogP contribution in [0.4, 0.5) is 21.9 Å². The summed E-state index contributed by atoms with van der Waals surface area (Å²) < 4.78 is 10.6. The number of rotatable bonds is 4. The van der Waals surface area contributed by atoms with Crippen molar-refractivity contribution in [2.45, 2.75) is 12.8 Å². The molecule has 2 heterocycles. The molecule has 0 saturated carbocycles. The van der Waals surface area contributed by atoms with E-state index in [1.54, 1.807) is 37.4 Å². The Labute approximate surface area is 161 Å². The zero-order chi connectivity index (χ0) is 19.5. The first kappa shape index (κ1) is 17.9. The number of carbonyl (C=O) groups is 1. The summed E-state index contributed by atoms with van der Waals surface area (Å²) in [6.07, 6.45) is 2.09. The van der Waals surface area contributed by atoms with Gasteiger partial charge in [-0.2, -0.15) is 0 Å². The first-order valence-electron chi connectivity index (χ1n) is 9.18. The maximum Gasteiger partial charge on any atom is 0.362 e. The molecule has 0 unspecified atom stereocenters. The van der Waals surface area contributed by atoms with E-state index >= 15 is 0 Å². The Balaban J connectivity index is 1.69. The van der Waals surface area contributed by atoms with Crippen LogP contribution in [0.1, 0.15) is 12.8 Å². The van der Waals surface area contributed by atoms with Crippen molar-refractivity contribution in [1.82, 2.24) is 0 Å². The van der Waals surface area contributed by atoms with Crippen molar-refractivity contribution >= 4 is 34.1 Å². The number of para-hydroxylation sites is 1. The summed E-state index contributed by atoms with van der Waals surface area (Å²) in [7, 11) is 1.56. The minimum absolute atomic E-state index is 0.154. The second kappa shape index (κ2) is 7.64. The summed E-state index contributed by atoms with van der Waals surface area (Å²) in [5, 5.41) is 6.23. The zero-order valence-electron chi connectivity index (χ0n) is 15.5. The average molecular weight is 379 g/mol. The lowest BCUT2D eigenvalue weighted by atomic mass is 10.1. The van der Waals surface area contributed by atoms with E-state index in [0.717, 1.165) is 31.3 Å². The van der Waals surface area contributed by atoms with Crippen LogP contribution in [-0.4, -0.2) is 26.2 Å². The fourth-order valence-corrected chi connectivity index (χ4v) is 3.49. The summed E-state index contributed by atoms with van der Waals surface area (Å²) >= 11 is 0. The van der Waals surface area contributed by atoms with Gasteiger partial charge in [0.1, 0.15) is 11.3 Å². The van der Waals surface area contributed by atoms with Gasteiger partial charge < -0.3 is 19.4 Å². The van der Waals surface area contributed by atoms with Crippen LogP contribution in [0, 0.1) is 0 Å². The van der Waals surface area contributed by atoms with E-state index in [0.29, 0.717) is 22.7 Å². The number of anilines is 3. The highest BCUT2D eigenvalue weighted by Crippen LogP contribution is 2.34. The first-order valence-corrected chi connectivity index (χ1v) is 9.18. The van der Waals surface area contributed by atoms with E-state index < -0.39 is 11.7 Å². The van der Waals surface area contributed by atoms with E-state index in [4.69, 9.17) is 9.15 Å². The molecule has 2 N–H and O–H groups in total. The van der Waals surface area contributed by atoms with Crippen molar-refractivity contribution in [3.05, 3.63) is 59.0 Å². The second-order valence-electron chi connectivity index (χ2n) is 6.61.